The fraction of sp³-hybridized carbons (Fsp3) is 0. The second kappa shape index (κ2) is 3.67. The van der Waals surface area contributed by atoms with Crippen LogP contribution in [0.4, 0.5) is 4.79 Å². The van der Waals surface area contributed by atoms with Crippen LogP contribution < -0.4 is 0 Å². The van der Waals surface area contributed by atoms with Crippen molar-refractivity contribution in [1.82, 2.24) is 0 Å². The highest BCUT2D eigenvalue weighted by atomic mass is 35.5. The van der Waals surface area contributed by atoms with Crippen LogP contribution in [0.1, 0.15) is 0 Å². The Morgan fingerprint density at radius 1 is 2.00 bits per heavy atom. The molecule has 1 N–H and O–H groups in total. The molecule has 0 heterocycles. The molecule has 0 fully saturated rings. The second-order valence-electron chi connectivity index (χ2n) is 0.497. The van der Waals surface area contributed by atoms with Crippen LogP contribution in [0.15, 0.2) is 0 Å². The average molecular weight is 141 g/mol. The molecule has 0 aliphatic carbocycles. The van der Waals surface area contributed by atoms with E-state index in [9.17, 15) is 4.79 Å². The lowest BCUT2D eigenvalue weighted by Crippen LogP contribution is -1.51. The molecule has 0 aromatic rings. The largest absolute Gasteiger partial charge is 0.279 e. The van der Waals surface area contributed by atoms with Gasteiger partial charge in [0.2, 0.25) is 4.98 Å². The van der Waals surface area contributed by atoms with Crippen molar-refractivity contribution >= 4 is 32.9 Å². The Labute approximate surface area is 43.6 Å². The highest BCUT2D eigenvalue weighted by Gasteiger charge is 1.86. The molecular formula is CH2ClNOP2. The van der Waals surface area contributed by atoms with Gasteiger partial charge in [0.05, 0.1) is 0 Å². The molecule has 6 heavy (non-hydrogen) atoms. The monoisotopic (exact) mass is 141 g/mol. The summed E-state index contributed by atoms with van der Waals surface area (Å²) in [6.07, 6.45) is 0. The summed E-state index contributed by atoms with van der Waals surface area (Å²) in [4.78, 5) is 9.28. The molecule has 0 spiro atoms. The van der Waals surface area contributed by atoms with E-state index in [0.29, 0.717) is 8.06 Å². The molecular weight excluding hydrogens is 139 g/mol. The van der Waals surface area contributed by atoms with Crippen molar-refractivity contribution in [1.29, 1.82) is 5.16 Å². The molecule has 1 atom stereocenters. The summed E-state index contributed by atoms with van der Waals surface area (Å²) in [6, 6.07) is 0. The molecule has 0 aromatic carbocycles. The lowest BCUT2D eigenvalue weighted by molar-refractivity contribution is 0.275. The summed E-state index contributed by atoms with van der Waals surface area (Å²) < 4.78 is 0. The Kier molecular flexibility index (Phi) is 3.97. The average Bonchev–Trinajstić information content (AvgIpc) is 1.35. The van der Waals surface area contributed by atoms with E-state index < -0.39 is 4.98 Å². The number of hydrogen-bond donors (Lipinski definition) is 1. The van der Waals surface area contributed by atoms with Crippen LogP contribution in [0.5, 0.6) is 0 Å². The number of rotatable bonds is 2. The van der Waals surface area contributed by atoms with Gasteiger partial charge in [0, 0.05) is 16.3 Å². The van der Waals surface area contributed by atoms with Crippen LogP contribution in [0.2, 0.25) is 0 Å². The minimum atomic E-state index is -0.410. The zero-order valence-corrected chi connectivity index (χ0v) is 5.38. The minimum absolute atomic E-state index is 0.0633. The van der Waals surface area contributed by atoms with Crippen LogP contribution in [0, 0.1) is 5.16 Å². The maximum absolute atomic E-state index is 9.69. The van der Waals surface area contributed by atoms with Gasteiger partial charge in [-0.15, -0.1) is 0 Å². The molecule has 0 amide bonds. The molecule has 1 unspecified atom stereocenters. The SMILES string of the molecule is N=PPC(=O)Cl. The van der Waals surface area contributed by atoms with E-state index in [-0.39, 0.29) is 8.27 Å². The molecule has 0 bridgehead atoms. The number of carbonyl (C=O) groups is 1. The van der Waals surface area contributed by atoms with E-state index in [1.54, 1.807) is 0 Å². The van der Waals surface area contributed by atoms with Crippen molar-refractivity contribution in [2.45, 2.75) is 0 Å². The summed E-state index contributed by atoms with van der Waals surface area (Å²) in [7, 11) is 0.257. The summed E-state index contributed by atoms with van der Waals surface area (Å²) in [6.45, 7) is 0. The van der Waals surface area contributed by atoms with Crippen LogP contribution in [0.3, 0.4) is 0 Å². The van der Waals surface area contributed by atoms with E-state index in [1.165, 1.54) is 0 Å². The van der Waals surface area contributed by atoms with Gasteiger partial charge in [0.25, 0.3) is 0 Å². The standard InChI is InChI=1S/CH2ClNOP2/c2-1(4)5-6-3/h3,5H. The van der Waals surface area contributed by atoms with Crippen molar-refractivity contribution in [3.63, 3.8) is 0 Å². The van der Waals surface area contributed by atoms with Gasteiger partial charge in [-0.05, 0) is 11.6 Å². The Hall–Kier alpha value is 0.490. The maximum Gasteiger partial charge on any atom is 0.249 e. The Morgan fingerprint density at radius 3 is 2.50 bits per heavy atom. The summed E-state index contributed by atoms with van der Waals surface area (Å²) in [5.41, 5.74) is 0. The van der Waals surface area contributed by atoms with Gasteiger partial charge in [0.15, 0.2) is 0 Å². The van der Waals surface area contributed by atoms with E-state index in [0.717, 1.165) is 0 Å². The van der Waals surface area contributed by atoms with Crippen molar-refractivity contribution in [3.8, 4) is 0 Å². The third kappa shape index (κ3) is 4.49. The first-order valence-electron chi connectivity index (χ1n) is 1.09. The zero-order chi connectivity index (χ0) is 4.99. The van der Waals surface area contributed by atoms with Crippen LogP contribution in [0.25, 0.3) is 0 Å². The molecule has 0 aliphatic rings. The van der Waals surface area contributed by atoms with Crippen LogP contribution >= 0.6 is 27.9 Å². The van der Waals surface area contributed by atoms with Gasteiger partial charge in [-0.3, -0.25) is 9.96 Å². The molecule has 34 valence electrons. The van der Waals surface area contributed by atoms with Crippen molar-refractivity contribution in [2.24, 2.45) is 0 Å². The first-order chi connectivity index (χ1) is 2.77. The van der Waals surface area contributed by atoms with Crippen LogP contribution in [-0.2, 0) is 0 Å². The highest BCUT2D eigenvalue weighted by Crippen LogP contribution is 2.29. The van der Waals surface area contributed by atoms with Gasteiger partial charge >= 0.3 is 0 Å². The number of nitrogens with one attached hydrogen (secondary N) is 1. The number of carbonyl (C=O) groups excluding carboxylic acids is 1. The summed E-state index contributed by atoms with van der Waals surface area (Å²) in [5.74, 6) is 0. The molecule has 0 saturated carbocycles. The van der Waals surface area contributed by atoms with Crippen LogP contribution in [-0.4, -0.2) is 4.98 Å². The molecule has 0 saturated heterocycles. The maximum atomic E-state index is 9.69. The molecule has 0 aromatic heterocycles. The zero-order valence-electron chi connectivity index (χ0n) is 2.73. The molecule has 0 aliphatic heterocycles. The van der Waals surface area contributed by atoms with Gasteiger partial charge in [-0.2, -0.15) is 0 Å². The van der Waals surface area contributed by atoms with Crippen molar-refractivity contribution in [3.05, 3.63) is 0 Å². The molecule has 0 rings (SSSR count). The fourth-order valence-electron chi connectivity index (χ4n) is 0.0440. The quantitative estimate of drug-likeness (QED) is 0.466. The lowest BCUT2D eigenvalue weighted by Gasteiger charge is -1.70. The van der Waals surface area contributed by atoms with E-state index in [4.69, 9.17) is 16.8 Å². The molecule has 2 nitrogen and oxygen atoms in total. The number of hydrogen-bond acceptors (Lipinski definition) is 2. The summed E-state index contributed by atoms with van der Waals surface area (Å²) >= 11 is 4.82. The smallest absolute Gasteiger partial charge is 0.249 e. The van der Waals surface area contributed by atoms with E-state index in [1.807, 2.05) is 0 Å². The van der Waals surface area contributed by atoms with Crippen molar-refractivity contribution < 1.29 is 4.79 Å². The second-order valence-corrected chi connectivity index (χ2v) is 3.40. The first-order valence-corrected chi connectivity index (χ1v) is 4.20. The summed E-state index contributed by atoms with van der Waals surface area (Å²) in [5, 5.41) is 6.41. The number of halogens is 1. The van der Waals surface area contributed by atoms with Gasteiger partial charge < -0.3 is 0 Å². The Morgan fingerprint density at radius 2 is 2.50 bits per heavy atom. The minimum Gasteiger partial charge on any atom is -0.279 e. The van der Waals surface area contributed by atoms with E-state index >= 15 is 0 Å². The normalized spacial score (nSPS) is 10.8. The first kappa shape index (κ1) is 6.49. The Balaban J connectivity index is 3.05. The lowest BCUT2D eigenvalue weighted by atomic mass is 11.8. The predicted molar refractivity (Wildman–Crippen MR) is 29.2 cm³/mol. The van der Waals surface area contributed by atoms with Gasteiger partial charge in [-0.1, -0.05) is 0 Å². The molecule has 5 heteroatoms. The third-order valence-electron chi connectivity index (χ3n) is 0.144. The topological polar surface area (TPSA) is 40.9 Å². The molecule has 0 radical (unpaired) electrons. The Bertz CT molecular complexity index is 73.9. The van der Waals surface area contributed by atoms with E-state index in [2.05, 4.69) is 0 Å². The van der Waals surface area contributed by atoms with Crippen molar-refractivity contribution in [2.75, 3.05) is 0 Å². The van der Waals surface area contributed by atoms with Gasteiger partial charge in [-0.25, -0.2) is 0 Å². The predicted octanol–water partition coefficient (Wildman–Crippen LogP) is 2.65. The third-order valence-corrected chi connectivity index (χ3v) is 2.05. The van der Waals surface area contributed by atoms with Gasteiger partial charge in [0.1, 0.15) is 0 Å². The fourth-order valence-corrected chi connectivity index (χ4v) is 0.776. The highest BCUT2D eigenvalue weighted by molar-refractivity contribution is 8.16.